The molecule has 0 bridgehead atoms. The van der Waals surface area contributed by atoms with Crippen LogP contribution in [0.2, 0.25) is 0 Å². The lowest BCUT2D eigenvalue weighted by molar-refractivity contribution is -0.139. The Morgan fingerprint density at radius 1 is 1.06 bits per heavy atom. The van der Waals surface area contributed by atoms with Crippen LogP contribution in [0.1, 0.15) is 43.4 Å². The number of urea groups is 1. The van der Waals surface area contributed by atoms with E-state index >= 15 is 0 Å². The number of rotatable bonds is 8. The van der Waals surface area contributed by atoms with Gasteiger partial charge in [-0.3, -0.25) is 24.8 Å². The number of hydrogen-bond donors (Lipinski definition) is 2. The van der Waals surface area contributed by atoms with Gasteiger partial charge < -0.3 is 10.1 Å². The molecule has 9 nitrogen and oxygen atoms in total. The number of nitrogens with zero attached hydrogens (tertiary/aromatic N) is 3. The van der Waals surface area contributed by atoms with E-state index in [2.05, 4.69) is 53.8 Å². The van der Waals surface area contributed by atoms with E-state index in [1.165, 1.54) is 18.2 Å². The number of piperazine rings is 1. The van der Waals surface area contributed by atoms with E-state index in [-0.39, 0.29) is 6.54 Å². The summed E-state index contributed by atoms with van der Waals surface area (Å²) < 4.78 is 5.24. The Hall–Kier alpha value is -3.43. The molecule has 0 saturated carbocycles. The molecule has 0 aromatic heterocycles. The smallest absolute Gasteiger partial charge is 0.344 e. The number of carbonyl (C=O) groups excluding carboxylic acids is 3. The quantitative estimate of drug-likeness (QED) is 0.549. The number of amides is 4. The van der Waals surface area contributed by atoms with Crippen molar-refractivity contribution < 1.29 is 19.1 Å². The monoisotopic (exact) mass is 493 g/mol. The first kappa shape index (κ1) is 25.7. The van der Waals surface area contributed by atoms with Gasteiger partial charge in [0.05, 0.1) is 13.7 Å². The van der Waals surface area contributed by atoms with Gasteiger partial charge in [-0.05, 0) is 41.7 Å². The highest BCUT2D eigenvalue weighted by molar-refractivity contribution is 6.08. The number of hydrazine groups is 1. The van der Waals surface area contributed by atoms with Crippen molar-refractivity contribution in [3.05, 3.63) is 65.2 Å². The third-order valence-corrected chi connectivity index (χ3v) is 6.96. The maximum atomic E-state index is 13.1. The molecule has 2 aromatic carbocycles. The number of methoxy groups -OCH3 is 1. The number of hydrogen-bond acceptors (Lipinski definition) is 6. The zero-order valence-corrected chi connectivity index (χ0v) is 21.4. The van der Waals surface area contributed by atoms with Crippen molar-refractivity contribution in [3.8, 4) is 5.75 Å². The molecule has 2 heterocycles. The molecule has 2 fully saturated rings. The van der Waals surface area contributed by atoms with Crippen LogP contribution in [0.5, 0.6) is 5.75 Å². The molecular formula is C27H35N5O4. The Balaban J connectivity index is 1.28. The molecule has 1 unspecified atom stereocenters. The number of imide groups is 1. The van der Waals surface area contributed by atoms with Crippen molar-refractivity contribution >= 4 is 17.8 Å². The predicted molar refractivity (Wildman–Crippen MR) is 136 cm³/mol. The predicted octanol–water partition coefficient (Wildman–Crippen LogP) is 2.43. The van der Waals surface area contributed by atoms with E-state index in [0.717, 1.165) is 37.7 Å². The van der Waals surface area contributed by atoms with Gasteiger partial charge in [0, 0.05) is 32.7 Å². The van der Waals surface area contributed by atoms with Crippen LogP contribution < -0.4 is 15.5 Å². The minimum Gasteiger partial charge on any atom is -0.497 e. The Morgan fingerprint density at radius 2 is 1.72 bits per heavy atom. The van der Waals surface area contributed by atoms with Crippen LogP contribution in [-0.4, -0.2) is 72.5 Å². The van der Waals surface area contributed by atoms with Gasteiger partial charge in [-0.2, -0.15) is 5.01 Å². The molecule has 0 spiro atoms. The van der Waals surface area contributed by atoms with E-state index in [1.807, 2.05) is 4.90 Å². The van der Waals surface area contributed by atoms with E-state index in [1.54, 1.807) is 31.2 Å². The van der Waals surface area contributed by atoms with E-state index in [4.69, 9.17) is 4.74 Å². The Morgan fingerprint density at radius 3 is 2.36 bits per heavy atom. The molecule has 2 saturated heterocycles. The summed E-state index contributed by atoms with van der Waals surface area (Å²) in [4.78, 5) is 42.8. The molecular weight excluding hydrogens is 458 g/mol. The Kier molecular flexibility index (Phi) is 7.61. The average Bonchev–Trinajstić information content (AvgIpc) is 3.09. The van der Waals surface area contributed by atoms with Crippen molar-refractivity contribution in [2.24, 2.45) is 0 Å². The summed E-state index contributed by atoms with van der Waals surface area (Å²) >= 11 is 0. The number of nitrogens with one attached hydrogen (secondary N) is 2. The summed E-state index contributed by atoms with van der Waals surface area (Å²) in [5.74, 6) is 0.157. The molecule has 2 aliphatic heterocycles. The number of benzene rings is 2. The van der Waals surface area contributed by atoms with Crippen molar-refractivity contribution in [1.82, 2.24) is 25.6 Å². The summed E-state index contributed by atoms with van der Waals surface area (Å²) in [6, 6.07) is 15.0. The van der Waals surface area contributed by atoms with Crippen molar-refractivity contribution in [2.75, 3.05) is 39.8 Å². The maximum absolute atomic E-state index is 13.1. The summed E-state index contributed by atoms with van der Waals surface area (Å²) in [6.45, 7) is 10.1. The highest BCUT2D eigenvalue weighted by Crippen LogP contribution is 2.30. The summed E-state index contributed by atoms with van der Waals surface area (Å²) in [5.41, 5.74) is 4.39. The first-order valence-corrected chi connectivity index (χ1v) is 12.3. The SMILES string of the molecule is COc1cccc(C2(C)NC(=O)N(NC(=O)CN3CCN(Cc4ccc(C(C)C)cc4)CC3)C2=O)c1. The number of carbonyl (C=O) groups is 3. The normalized spacial score (nSPS) is 21.1. The second kappa shape index (κ2) is 10.7. The lowest BCUT2D eigenvalue weighted by atomic mass is 9.92. The van der Waals surface area contributed by atoms with Gasteiger partial charge in [-0.15, -0.1) is 0 Å². The van der Waals surface area contributed by atoms with E-state index in [9.17, 15) is 14.4 Å². The molecule has 2 aromatic rings. The Bertz CT molecular complexity index is 1110. The van der Waals surface area contributed by atoms with Gasteiger partial charge in [-0.1, -0.05) is 50.2 Å². The molecule has 1 atom stereocenters. The molecule has 2 N–H and O–H groups in total. The molecule has 36 heavy (non-hydrogen) atoms. The van der Waals surface area contributed by atoms with Gasteiger partial charge in [0.2, 0.25) is 0 Å². The highest BCUT2D eigenvalue weighted by atomic mass is 16.5. The molecule has 192 valence electrons. The van der Waals surface area contributed by atoms with Gasteiger partial charge in [0.25, 0.3) is 11.8 Å². The van der Waals surface area contributed by atoms with Crippen LogP contribution in [0.15, 0.2) is 48.5 Å². The first-order chi connectivity index (χ1) is 17.2. The van der Waals surface area contributed by atoms with E-state index < -0.39 is 23.4 Å². The third-order valence-electron chi connectivity index (χ3n) is 6.96. The van der Waals surface area contributed by atoms with Crippen LogP contribution in [-0.2, 0) is 21.7 Å². The zero-order chi connectivity index (χ0) is 25.9. The third kappa shape index (κ3) is 5.52. The second-order valence-electron chi connectivity index (χ2n) is 9.91. The molecule has 0 aliphatic carbocycles. The summed E-state index contributed by atoms with van der Waals surface area (Å²) in [7, 11) is 1.53. The lowest BCUT2D eigenvalue weighted by Gasteiger charge is -2.34. The van der Waals surface area contributed by atoms with E-state index in [0.29, 0.717) is 17.2 Å². The average molecular weight is 494 g/mol. The minimum atomic E-state index is -1.29. The fraction of sp³-hybridized carbons (Fsp3) is 0.444. The molecule has 9 heteroatoms. The lowest BCUT2D eigenvalue weighted by Crippen LogP contribution is -2.53. The maximum Gasteiger partial charge on any atom is 0.344 e. The molecule has 0 radical (unpaired) electrons. The van der Waals surface area contributed by atoms with Gasteiger partial charge in [-0.25, -0.2) is 4.79 Å². The standard InChI is InChI=1S/C27H35N5O4/c1-19(2)21-10-8-20(9-11-21)17-30-12-14-31(15-13-30)18-24(33)29-32-25(34)27(3,28-26(32)35)22-6-5-7-23(16-22)36-4/h5-11,16,19H,12-15,17-18H2,1-4H3,(H,28,35)(H,29,33). The van der Waals surface area contributed by atoms with Crippen molar-refractivity contribution in [3.63, 3.8) is 0 Å². The van der Waals surface area contributed by atoms with Crippen molar-refractivity contribution in [2.45, 2.75) is 38.8 Å². The van der Waals surface area contributed by atoms with Crippen LogP contribution in [0, 0.1) is 0 Å². The van der Waals surface area contributed by atoms with Crippen LogP contribution in [0.25, 0.3) is 0 Å². The fourth-order valence-electron chi connectivity index (χ4n) is 4.61. The van der Waals surface area contributed by atoms with Gasteiger partial charge in [0.15, 0.2) is 0 Å². The summed E-state index contributed by atoms with van der Waals surface area (Å²) in [6.07, 6.45) is 0. The van der Waals surface area contributed by atoms with Crippen molar-refractivity contribution in [1.29, 1.82) is 0 Å². The van der Waals surface area contributed by atoms with Gasteiger partial charge >= 0.3 is 6.03 Å². The summed E-state index contributed by atoms with van der Waals surface area (Å²) in [5, 5.41) is 3.47. The number of ether oxygens (including phenoxy) is 1. The molecule has 4 amide bonds. The Labute approximate surface area is 212 Å². The topological polar surface area (TPSA) is 94.2 Å². The van der Waals surface area contributed by atoms with Gasteiger partial charge in [0.1, 0.15) is 11.3 Å². The fourth-order valence-corrected chi connectivity index (χ4v) is 4.61. The molecule has 2 aliphatic rings. The zero-order valence-electron chi connectivity index (χ0n) is 21.4. The van der Waals surface area contributed by atoms with Crippen LogP contribution in [0.4, 0.5) is 4.79 Å². The second-order valence-corrected chi connectivity index (χ2v) is 9.91. The molecule has 4 rings (SSSR count). The first-order valence-electron chi connectivity index (χ1n) is 12.3. The van der Waals surface area contributed by atoms with Crippen LogP contribution >= 0.6 is 0 Å². The largest absolute Gasteiger partial charge is 0.497 e. The minimum absolute atomic E-state index is 0.115. The highest BCUT2D eigenvalue weighted by Gasteiger charge is 2.50. The van der Waals surface area contributed by atoms with Crippen LogP contribution in [0.3, 0.4) is 0 Å².